The Bertz CT molecular complexity index is 525. The highest BCUT2D eigenvalue weighted by Crippen LogP contribution is 2.14. The lowest BCUT2D eigenvalue weighted by Crippen LogP contribution is -2.38. The van der Waals surface area contributed by atoms with Gasteiger partial charge in [0.1, 0.15) is 18.4 Å². The number of ether oxygens (including phenoxy) is 1. The average Bonchev–Trinajstić information content (AvgIpc) is 2.85. The molecule has 1 N–H and O–H groups in total. The van der Waals surface area contributed by atoms with Crippen molar-refractivity contribution >= 4 is 11.6 Å². The van der Waals surface area contributed by atoms with E-state index < -0.39 is 4.92 Å². The summed E-state index contributed by atoms with van der Waals surface area (Å²) in [5.74, 6) is -0.195. The third kappa shape index (κ3) is 4.78. The van der Waals surface area contributed by atoms with Crippen molar-refractivity contribution in [1.82, 2.24) is 20.0 Å². The van der Waals surface area contributed by atoms with Gasteiger partial charge in [-0.05, 0) is 19.9 Å². The molecule has 9 heteroatoms. The average molecular weight is 311 g/mol. The first-order valence-electron chi connectivity index (χ1n) is 7.31. The maximum Gasteiger partial charge on any atom is 0.309 e. The van der Waals surface area contributed by atoms with Gasteiger partial charge in [0.2, 0.25) is 5.91 Å². The molecule has 0 atom stereocenters. The molecule has 2 heterocycles. The van der Waals surface area contributed by atoms with Crippen LogP contribution in [-0.4, -0.2) is 64.9 Å². The molecule has 9 nitrogen and oxygen atoms in total. The van der Waals surface area contributed by atoms with Crippen LogP contribution < -0.4 is 5.32 Å². The quantitative estimate of drug-likeness (QED) is 0.430. The molecule has 0 aliphatic carbocycles. The summed E-state index contributed by atoms with van der Waals surface area (Å²) < 4.78 is 6.57. The van der Waals surface area contributed by atoms with Crippen molar-refractivity contribution in [2.75, 3.05) is 39.4 Å². The fourth-order valence-corrected chi connectivity index (χ4v) is 2.33. The van der Waals surface area contributed by atoms with Crippen LogP contribution in [0.2, 0.25) is 0 Å². The van der Waals surface area contributed by atoms with Crippen LogP contribution in [0, 0.1) is 17.0 Å². The van der Waals surface area contributed by atoms with Gasteiger partial charge < -0.3 is 10.1 Å². The molecule has 122 valence electrons. The first-order valence-corrected chi connectivity index (χ1v) is 7.31. The number of carbonyl (C=O) groups excluding carboxylic acids is 1. The zero-order chi connectivity index (χ0) is 15.9. The topological polar surface area (TPSA) is 103 Å². The third-order valence-electron chi connectivity index (χ3n) is 3.50. The summed E-state index contributed by atoms with van der Waals surface area (Å²) >= 11 is 0. The van der Waals surface area contributed by atoms with Gasteiger partial charge in [-0.15, -0.1) is 0 Å². The second-order valence-electron chi connectivity index (χ2n) is 5.21. The number of hydrogen-bond acceptors (Lipinski definition) is 6. The molecule has 0 spiro atoms. The van der Waals surface area contributed by atoms with Crippen molar-refractivity contribution in [3.63, 3.8) is 0 Å². The molecule has 0 aromatic carbocycles. The van der Waals surface area contributed by atoms with E-state index in [9.17, 15) is 14.9 Å². The van der Waals surface area contributed by atoms with Crippen LogP contribution in [0.25, 0.3) is 0 Å². The van der Waals surface area contributed by atoms with E-state index in [1.165, 1.54) is 10.9 Å². The molecule has 1 amide bonds. The highest BCUT2D eigenvalue weighted by Gasteiger charge is 2.16. The van der Waals surface area contributed by atoms with Gasteiger partial charge in [-0.3, -0.25) is 24.5 Å². The van der Waals surface area contributed by atoms with Crippen LogP contribution in [0.3, 0.4) is 0 Å². The van der Waals surface area contributed by atoms with E-state index >= 15 is 0 Å². The first-order chi connectivity index (χ1) is 10.6. The SMILES string of the molecule is Cc1nn(CC(=O)NCCCN2CCOCC2)cc1[N+](=O)[O-]. The number of nitrogens with zero attached hydrogens (tertiary/aromatic N) is 4. The van der Waals surface area contributed by atoms with Gasteiger partial charge in [-0.1, -0.05) is 0 Å². The fraction of sp³-hybridized carbons (Fsp3) is 0.692. The van der Waals surface area contributed by atoms with Gasteiger partial charge in [0.05, 0.1) is 18.1 Å². The zero-order valence-corrected chi connectivity index (χ0v) is 12.7. The summed E-state index contributed by atoms with van der Waals surface area (Å²) in [6, 6.07) is 0. The molecule has 0 saturated carbocycles. The highest BCUT2D eigenvalue weighted by molar-refractivity contribution is 5.75. The van der Waals surface area contributed by atoms with E-state index in [1.807, 2.05) is 0 Å². The third-order valence-corrected chi connectivity index (χ3v) is 3.50. The van der Waals surface area contributed by atoms with Crippen LogP contribution in [0.1, 0.15) is 12.1 Å². The highest BCUT2D eigenvalue weighted by atomic mass is 16.6. The normalized spacial score (nSPS) is 15.7. The summed E-state index contributed by atoms with van der Waals surface area (Å²) in [5.41, 5.74) is 0.241. The van der Waals surface area contributed by atoms with Crippen LogP contribution in [0.5, 0.6) is 0 Å². The van der Waals surface area contributed by atoms with Gasteiger partial charge in [0.25, 0.3) is 0 Å². The number of carbonyl (C=O) groups is 1. The Labute approximate surface area is 128 Å². The Balaban J connectivity index is 1.67. The Kier molecular flexibility index (Phi) is 5.84. The van der Waals surface area contributed by atoms with Gasteiger partial charge >= 0.3 is 5.69 Å². The maximum atomic E-state index is 11.8. The largest absolute Gasteiger partial charge is 0.379 e. The molecule has 1 aliphatic rings. The van der Waals surface area contributed by atoms with E-state index in [-0.39, 0.29) is 18.1 Å². The second kappa shape index (κ2) is 7.85. The predicted molar refractivity (Wildman–Crippen MR) is 78.5 cm³/mol. The summed E-state index contributed by atoms with van der Waals surface area (Å²) in [6.07, 6.45) is 2.15. The van der Waals surface area contributed by atoms with Gasteiger partial charge in [0.15, 0.2) is 0 Å². The Morgan fingerprint density at radius 1 is 1.50 bits per heavy atom. The summed E-state index contributed by atoms with van der Waals surface area (Å²) in [4.78, 5) is 24.3. The number of aromatic nitrogens is 2. The molecule has 22 heavy (non-hydrogen) atoms. The monoisotopic (exact) mass is 311 g/mol. The van der Waals surface area contributed by atoms with Crippen LogP contribution in [0.15, 0.2) is 6.20 Å². The Morgan fingerprint density at radius 3 is 2.86 bits per heavy atom. The Morgan fingerprint density at radius 2 is 2.23 bits per heavy atom. The zero-order valence-electron chi connectivity index (χ0n) is 12.7. The van der Waals surface area contributed by atoms with Crippen LogP contribution in [0.4, 0.5) is 5.69 Å². The minimum absolute atomic E-state index is 0.00770. The first kappa shape index (κ1) is 16.4. The van der Waals surface area contributed by atoms with Crippen molar-refractivity contribution < 1.29 is 14.5 Å². The predicted octanol–water partition coefficient (Wildman–Crippen LogP) is -0.0618. The van der Waals surface area contributed by atoms with E-state index in [2.05, 4.69) is 15.3 Å². The smallest absolute Gasteiger partial charge is 0.309 e. The Hall–Kier alpha value is -2.00. The summed E-state index contributed by atoms with van der Waals surface area (Å²) in [6.45, 7) is 6.46. The number of hydrogen-bond donors (Lipinski definition) is 1. The molecule has 0 radical (unpaired) electrons. The van der Waals surface area contributed by atoms with Gasteiger partial charge in [-0.25, -0.2) is 0 Å². The molecule has 1 saturated heterocycles. The molecule has 1 aromatic rings. The van der Waals surface area contributed by atoms with Crippen molar-refractivity contribution in [1.29, 1.82) is 0 Å². The van der Waals surface area contributed by atoms with E-state index in [1.54, 1.807) is 6.92 Å². The maximum absolute atomic E-state index is 11.8. The fourth-order valence-electron chi connectivity index (χ4n) is 2.33. The van der Waals surface area contributed by atoms with E-state index in [0.717, 1.165) is 39.3 Å². The number of amides is 1. The second-order valence-corrected chi connectivity index (χ2v) is 5.21. The molecular formula is C13H21N5O4. The molecule has 0 unspecified atom stereocenters. The number of nitro groups is 1. The van der Waals surface area contributed by atoms with E-state index in [4.69, 9.17) is 4.74 Å². The number of nitrogens with one attached hydrogen (secondary N) is 1. The minimum atomic E-state index is -0.501. The van der Waals surface area contributed by atoms with E-state index in [0.29, 0.717) is 12.2 Å². The van der Waals surface area contributed by atoms with Crippen molar-refractivity contribution in [3.05, 3.63) is 22.0 Å². The summed E-state index contributed by atoms with van der Waals surface area (Å²) in [7, 11) is 0. The lowest BCUT2D eigenvalue weighted by Gasteiger charge is -2.26. The number of aryl methyl sites for hydroxylation is 1. The van der Waals surface area contributed by atoms with Crippen LogP contribution in [-0.2, 0) is 16.1 Å². The molecular weight excluding hydrogens is 290 g/mol. The number of rotatable bonds is 7. The molecule has 1 fully saturated rings. The summed E-state index contributed by atoms with van der Waals surface area (Å²) in [5, 5.41) is 17.5. The lowest BCUT2D eigenvalue weighted by molar-refractivity contribution is -0.385. The molecule has 2 rings (SSSR count). The van der Waals surface area contributed by atoms with Gasteiger partial charge in [0, 0.05) is 19.6 Å². The van der Waals surface area contributed by atoms with Crippen molar-refractivity contribution in [2.24, 2.45) is 0 Å². The lowest BCUT2D eigenvalue weighted by atomic mass is 10.3. The molecule has 0 bridgehead atoms. The minimum Gasteiger partial charge on any atom is -0.379 e. The number of morpholine rings is 1. The van der Waals surface area contributed by atoms with Crippen molar-refractivity contribution in [2.45, 2.75) is 19.9 Å². The molecule has 1 aromatic heterocycles. The van der Waals surface area contributed by atoms with Crippen molar-refractivity contribution in [3.8, 4) is 0 Å². The standard InChI is InChI=1S/C13H21N5O4/c1-11-12(18(20)21)9-17(15-11)10-13(19)14-3-2-4-16-5-7-22-8-6-16/h9H,2-8,10H2,1H3,(H,14,19). The molecule has 1 aliphatic heterocycles. The van der Waals surface area contributed by atoms with Gasteiger partial charge in [-0.2, -0.15) is 5.10 Å². The van der Waals surface area contributed by atoms with Crippen LogP contribution >= 0.6 is 0 Å².